The molecule has 0 aromatic rings. The number of rotatable bonds is 5. The van der Waals surface area contributed by atoms with Gasteiger partial charge in [-0.25, -0.2) is 0 Å². The van der Waals surface area contributed by atoms with Gasteiger partial charge in [-0.2, -0.15) is 0 Å². The van der Waals surface area contributed by atoms with E-state index in [2.05, 4.69) is 43.3 Å². The van der Waals surface area contributed by atoms with E-state index in [4.69, 9.17) is 6.42 Å². The maximum atomic E-state index is 5.24. The molecule has 1 saturated heterocycles. The fourth-order valence-corrected chi connectivity index (χ4v) is 5.25. The Hall–Kier alpha value is 0.260. The third-order valence-electron chi connectivity index (χ3n) is 2.95. The van der Waals surface area contributed by atoms with Crippen molar-refractivity contribution in [2.75, 3.05) is 11.5 Å². The summed E-state index contributed by atoms with van der Waals surface area (Å²) < 4.78 is 0.845. The van der Waals surface area contributed by atoms with Crippen LogP contribution in [0, 0.1) is 24.2 Å². The average molecular weight is 242 g/mol. The molecule has 0 unspecified atom stereocenters. The highest BCUT2D eigenvalue weighted by Crippen LogP contribution is 2.38. The van der Waals surface area contributed by atoms with E-state index in [1.165, 1.54) is 30.8 Å². The van der Waals surface area contributed by atoms with E-state index in [0.717, 1.165) is 22.8 Å². The van der Waals surface area contributed by atoms with E-state index in [9.17, 15) is 0 Å². The van der Waals surface area contributed by atoms with Gasteiger partial charge in [-0.1, -0.05) is 20.3 Å². The van der Waals surface area contributed by atoms with Gasteiger partial charge in [-0.15, -0.1) is 35.9 Å². The molecule has 1 fully saturated rings. The standard InChI is InChI=1S/C13H22S2/c1-4-5-6-7-8-13-14-9-12(10-15-13)11(2)3/h1,11-13H,5-10H2,2-3H3/t12-,13-. The summed E-state index contributed by atoms with van der Waals surface area (Å²) in [6.45, 7) is 4.69. The first-order chi connectivity index (χ1) is 7.24. The molecular formula is C13H22S2. The molecule has 0 N–H and O–H groups in total. The van der Waals surface area contributed by atoms with E-state index in [0.29, 0.717) is 0 Å². The molecule has 0 nitrogen and oxygen atoms in total. The van der Waals surface area contributed by atoms with Crippen LogP contribution in [0.2, 0.25) is 0 Å². The molecule has 0 saturated carbocycles. The third kappa shape index (κ3) is 5.22. The molecule has 0 aromatic heterocycles. The zero-order valence-corrected chi connectivity index (χ0v) is 11.5. The predicted octanol–water partition coefficient (Wildman–Crippen LogP) is 4.26. The van der Waals surface area contributed by atoms with Crippen LogP contribution in [-0.4, -0.2) is 16.1 Å². The summed E-state index contributed by atoms with van der Waals surface area (Å²) in [7, 11) is 0. The Labute approximate surface area is 103 Å². The van der Waals surface area contributed by atoms with Crippen molar-refractivity contribution < 1.29 is 0 Å². The minimum Gasteiger partial charge on any atom is -0.147 e. The number of hydrogen-bond acceptors (Lipinski definition) is 2. The van der Waals surface area contributed by atoms with Gasteiger partial charge < -0.3 is 0 Å². The van der Waals surface area contributed by atoms with Crippen LogP contribution in [0.3, 0.4) is 0 Å². The van der Waals surface area contributed by atoms with E-state index in [1.54, 1.807) is 0 Å². The van der Waals surface area contributed by atoms with Crippen molar-refractivity contribution >= 4 is 23.5 Å². The Morgan fingerprint density at radius 2 is 1.93 bits per heavy atom. The van der Waals surface area contributed by atoms with Crippen molar-refractivity contribution in [3.05, 3.63) is 0 Å². The van der Waals surface area contributed by atoms with Gasteiger partial charge in [-0.05, 0) is 36.2 Å². The van der Waals surface area contributed by atoms with Crippen LogP contribution in [0.15, 0.2) is 0 Å². The van der Waals surface area contributed by atoms with Crippen LogP contribution in [0.5, 0.6) is 0 Å². The molecule has 0 radical (unpaired) electrons. The summed E-state index contributed by atoms with van der Waals surface area (Å²) in [5.41, 5.74) is 0. The monoisotopic (exact) mass is 242 g/mol. The summed E-state index contributed by atoms with van der Waals surface area (Å²) in [6, 6.07) is 0. The minimum atomic E-state index is 0.845. The molecule has 0 spiro atoms. The van der Waals surface area contributed by atoms with Gasteiger partial charge in [0, 0.05) is 6.42 Å². The summed E-state index contributed by atoms with van der Waals surface area (Å²) in [5.74, 6) is 7.23. The van der Waals surface area contributed by atoms with Gasteiger partial charge in [0.2, 0.25) is 0 Å². The topological polar surface area (TPSA) is 0 Å². The van der Waals surface area contributed by atoms with E-state index in [1.807, 2.05) is 0 Å². The van der Waals surface area contributed by atoms with Crippen molar-refractivity contribution in [3.63, 3.8) is 0 Å². The first kappa shape index (κ1) is 13.3. The van der Waals surface area contributed by atoms with Crippen LogP contribution in [0.1, 0.15) is 39.5 Å². The lowest BCUT2D eigenvalue weighted by Gasteiger charge is -2.30. The molecule has 0 amide bonds. The highest BCUT2D eigenvalue weighted by molar-refractivity contribution is 8.17. The molecule has 1 heterocycles. The number of thioether (sulfide) groups is 2. The van der Waals surface area contributed by atoms with Gasteiger partial charge >= 0.3 is 0 Å². The minimum absolute atomic E-state index is 0.845. The quantitative estimate of drug-likeness (QED) is 0.522. The third-order valence-corrected chi connectivity index (χ3v) is 6.22. The van der Waals surface area contributed by atoms with Crippen LogP contribution >= 0.6 is 23.5 Å². The molecule has 86 valence electrons. The molecule has 2 heteroatoms. The maximum Gasteiger partial charge on any atom is 0.0502 e. The smallest absolute Gasteiger partial charge is 0.0502 e. The first-order valence-electron chi connectivity index (χ1n) is 5.90. The predicted molar refractivity (Wildman–Crippen MR) is 74.3 cm³/mol. The lowest BCUT2D eigenvalue weighted by Crippen LogP contribution is -2.22. The van der Waals surface area contributed by atoms with E-state index >= 15 is 0 Å². The number of hydrogen-bond donors (Lipinski definition) is 0. The highest BCUT2D eigenvalue weighted by Gasteiger charge is 2.23. The van der Waals surface area contributed by atoms with Crippen LogP contribution < -0.4 is 0 Å². The highest BCUT2D eigenvalue weighted by atomic mass is 32.2. The van der Waals surface area contributed by atoms with Gasteiger partial charge in [0.25, 0.3) is 0 Å². The second-order valence-electron chi connectivity index (χ2n) is 4.55. The second kappa shape index (κ2) is 7.52. The van der Waals surface area contributed by atoms with E-state index in [-0.39, 0.29) is 0 Å². The Morgan fingerprint density at radius 1 is 1.27 bits per heavy atom. The van der Waals surface area contributed by atoms with Gasteiger partial charge in [0.1, 0.15) is 0 Å². The summed E-state index contributed by atoms with van der Waals surface area (Å²) in [6.07, 6.45) is 10.1. The van der Waals surface area contributed by atoms with E-state index < -0.39 is 0 Å². The van der Waals surface area contributed by atoms with Crippen molar-refractivity contribution in [3.8, 4) is 12.3 Å². The Balaban J connectivity index is 2.07. The lowest BCUT2D eigenvalue weighted by molar-refractivity contribution is 0.469. The SMILES string of the molecule is C#CCCCC[C@H]1SC[C@H](C(C)C)CS1. The van der Waals surface area contributed by atoms with Crippen molar-refractivity contribution in [2.45, 2.75) is 44.1 Å². The molecule has 0 aliphatic carbocycles. The van der Waals surface area contributed by atoms with Gasteiger partial charge in [-0.3, -0.25) is 0 Å². The zero-order valence-electron chi connectivity index (χ0n) is 9.87. The lowest BCUT2D eigenvalue weighted by atomic mass is 10.0. The largest absolute Gasteiger partial charge is 0.147 e. The van der Waals surface area contributed by atoms with Gasteiger partial charge in [0.15, 0.2) is 0 Å². The molecular weight excluding hydrogens is 220 g/mol. The molecule has 0 atom stereocenters. The molecule has 1 aliphatic heterocycles. The summed E-state index contributed by atoms with van der Waals surface area (Å²) >= 11 is 4.34. The van der Waals surface area contributed by atoms with Crippen LogP contribution in [0.25, 0.3) is 0 Å². The van der Waals surface area contributed by atoms with Crippen molar-refractivity contribution in [1.29, 1.82) is 0 Å². The Kier molecular flexibility index (Phi) is 6.68. The van der Waals surface area contributed by atoms with Crippen molar-refractivity contribution in [2.24, 2.45) is 11.8 Å². The molecule has 0 bridgehead atoms. The summed E-state index contributed by atoms with van der Waals surface area (Å²) in [4.78, 5) is 0. The molecule has 1 aliphatic rings. The molecule has 1 rings (SSSR count). The normalized spacial score (nSPS) is 26.5. The number of unbranched alkanes of at least 4 members (excludes halogenated alkanes) is 2. The summed E-state index contributed by atoms with van der Waals surface area (Å²) in [5, 5.41) is 0. The number of terminal acetylenes is 1. The molecule has 15 heavy (non-hydrogen) atoms. The second-order valence-corrected chi connectivity index (χ2v) is 7.32. The fourth-order valence-electron chi connectivity index (χ4n) is 1.65. The molecule has 0 aromatic carbocycles. The first-order valence-corrected chi connectivity index (χ1v) is 8.00. The Bertz CT molecular complexity index is 197. The fraction of sp³-hybridized carbons (Fsp3) is 0.846. The van der Waals surface area contributed by atoms with Crippen molar-refractivity contribution in [1.82, 2.24) is 0 Å². The Morgan fingerprint density at radius 3 is 2.47 bits per heavy atom. The van der Waals surface area contributed by atoms with Gasteiger partial charge in [0.05, 0.1) is 4.58 Å². The average Bonchev–Trinajstić information content (AvgIpc) is 2.25. The van der Waals surface area contributed by atoms with Crippen LogP contribution in [0.4, 0.5) is 0 Å². The van der Waals surface area contributed by atoms with Crippen LogP contribution in [-0.2, 0) is 0 Å². The maximum absolute atomic E-state index is 5.24. The zero-order chi connectivity index (χ0) is 11.1.